The lowest BCUT2D eigenvalue weighted by Crippen LogP contribution is -2.50. The summed E-state index contributed by atoms with van der Waals surface area (Å²) in [5.74, 6) is 0. The molecule has 0 heterocycles. The lowest BCUT2D eigenvalue weighted by Gasteiger charge is -2.33. The van der Waals surface area contributed by atoms with Crippen molar-refractivity contribution in [1.29, 1.82) is 0 Å². The summed E-state index contributed by atoms with van der Waals surface area (Å²) in [4.78, 5) is 9.75. The Bertz CT molecular complexity index is 221. The molecule has 0 spiro atoms. The smallest absolute Gasteiger partial charge is 0.320 e. The van der Waals surface area contributed by atoms with Crippen LogP contribution in [-0.2, 0) is 12.3 Å². The summed E-state index contributed by atoms with van der Waals surface area (Å²) in [6.45, 7) is 15.9. The predicted octanol–water partition coefficient (Wildman–Crippen LogP) is 2.12. The monoisotopic (exact) mass is 298 g/mol. The van der Waals surface area contributed by atoms with Gasteiger partial charge in [0, 0.05) is 0 Å². The average Bonchev–Trinajstić information content (AvgIpc) is 1.70. The van der Waals surface area contributed by atoms with Crippen molar-refractivity contribution < 1.29 is 17.1 Å². The van der Waals surface area contributed by atoms with Crippen molar-refractivity contribution in [2.75, 3.05) is 0 Å². The van der Waals surface area contributed by atoms with Crippen molar-refractivity contribution >= 4 is 34.7 Å². The summed E-state index contributed by atoms with van der Waals surface area (Å²) in [6.07, 6.45) is 0. The highest BCUT2D eigenvalue weighted by Gasteiger charge is 2.36. The van der Waals surface area contributed by atoms with Gasteiger partial charge in [-0.15, -0.1) is 0 Å². The van der Waals surface area contributed by atoms with Gasteiger partial charge in [-0.1, -0.05) is 0 Å². The summed E-state index contributed by atoms with van der Waals surface area (Å²) >= 11 is 0. The second-order valence-corrected chi connectivity index (χ2v) is 19.6. The molecule has 0 amide bonds. The lowest BCUT2D eigenvalue weighted by atomic mass is 11.8. The van der Waals surface area contributed by atoms with E-state index in [4.69, 9.17) is 12.3 Å². The normalized spacial score (nSPS) is 16.3. The van der Waals surface area contributed by atoms with Gasteiger partial charge in [0.1, 0.15) is 0 Å². The van der Waals surface area contributed by atoms with Gasteiger partial charge in [-0.25, -0.2) is 0 Å². The molecule has 0 aliphatic rings. The fourth-order valence-electron chi connectivity index (χ4n) is 1.55. The van der Waals surface area contributed by atoms with Gasteiger partial charge in [-0.2, -0.15) is 0 Å². The van der Waals surface area contributed by atoms with Gasteiger partial charge < -0.3 is 17.1 Å². The third-order valence-electron chi connectivity index (χ3n) is 1.46. The molecule has 0 aromatic carbocycles. The molecule has 16 heavy (non-hydrogen) atoms. The number of rotatable bonds is 6. The minimum atomic E-state index is -2.50. The first-order chi connectivity index (χ1) is 6.81. The molecule has 1 N–H and O–H groups in total. The maximum absolute atomic E-state index is 9.75. The first kappa shape index (κ1) is 16.7. The Labute approximate surface area is 104 Å². The zero-order chi connectivity index (χ0) is 13.2. The Morgan fingerprint density at radius 3 is 1.62 bits per heavy atom. The fourth-order valence-corrected chi connectivity index (χ4v) is 14.8. The highest BCUT2D eigenvalue weighted by molar-refractivity contribution is 6.83. The molecular formula is C8H26O4Si4. The van der Waals surface area contributed by atoms with Gasteiger partial charge in [0.05, 0.1) is 0 Å². The SMILES string of the molecule is C[SiH](O[Si](C)(C)C)O[Si](C)(C)O[Si](C)(C)O. The van der Waals surface area contributed by atoms with E-state index < -0.39 is 34.7 Å². The van der Waals surface area contributed by atoms with Crippen molar-refractivity contribution in [3.8, 4) is 0 Å². The van der Waals surface area contributed by atoms with E-state index in [1.165, 1.54) is 0 Å². The van der Waals surface area contributed by atoms with Crippen molar-refractivity contribution in [2.45, 2.75) is 52.4 Å². The largest absolute Gasteiger partial charge is 0.439 e. The first-order valence-electron chi connectivity index (χ1n) is 5.59. The van der Waals surface area contributed by atoms with E-state index in [9.17, 15) is 4.80 Å². The molecule has 4 nitrogen and oxygen atoms in total. The summed E-state index contributed by atoms with van der Waals surface area (Å²) in [5, 5.41) is 0. The van der Waals surface area contributed by atoms with Crippen molar-refractivity contribution in [1.82, 2.24) is 0 Å². The second-order valence-electron chi connectivity index (χ2n) is 5.86. The molecule has 0 saturated heterocycles. The van der Waals surface area contributed by atoms with Crippen molar-refractivity contribution in [2.24, 2.45) is 0 Å². The molecule has 0 fully saturated rings. The van der Waals surface area contributed by atoms with E-state index in [1.54, 1.807) is 13.1 Å². The number of hydrogen-bond acceptors (Lipinski definition) is 4. The van der Waals surface area contributed by atoms with Crippen LogP contribution in [0, 0.1) is 0 Å². The predicted molar refractivity (Wildman–Crippen MR) is 76.8 cm³/mol. The van der Waals surface area contributed by atoms with Crippen LogP contribution in [-0.4, -0.2) is 39.5 Å². The van der Waals surface area contributed by atoms with Gasteiger partial charge in [0.25, 0.3) is 9.28 Å². The Hall–Kier alpha value is 0.708. The Morgan fingerprint density at radius 2 is 1.31 bits per heavy atom. The zero-order valence-corrected chi connectivity index (χ0v) is 15.9. The highest BCUT2D eigenvalue weighted by Crippen LogP contribution is 2.16. The van der Waals surface area contributed by atoms with Crippen molar-refractivity contribution in [3.63, 3.8) is 0 Å². The molecule has 0 aliphatic carbocycles. The third kappa shape index (κ3) is 9.90. The van der Waals surface area contributed by atoms with Crippen LogP contribution in [0.3, 0.4) is 0 Å². The van der Waals surface area contributed by atoms with E-state index in [0.29, 0.717) is 0 Å². The van der Waals surface area contributed by atoms with Crippen molar-refractivity contribution in [3.05, 3.63) is 0 Å². The maximum atomic E-state index is 9.75. The van der Waals surface area contributed by atoms with Crippen LogP contribution in [0.15, 0.2) is 0 Å². The molecule has 0 radical (unpaired) electrons. The molecule has 0 aliphatic heterocycles. The highest BCUT2D eigenvalue weighted by atomic mass is 28.5. The Kier molecular flexibility index (Phi) is 5.81. The van der Waals surface area contributed by atoms with Gasteiger partial charge >= 0.3 is 17.1 Å². The summed E-state index contributed by atoms with van der Waals surface area (Å²) in [7, 11) is -7.89. The number of hydrogen-bond donors (Lipinski definition) is 1. The second kappa shape index (κ2) is 5.57. The summed E-state index contributed by atoms with van der Waals surface area (Å²) in [6, 6.07) is 0. The summed E-state index contributed by atoms with van der Waals surface area (Å²) in [5.41, 5.74) is 0. The fraction of sp³-hybridized carbons (Fsp3) is 1.00. The molecular weight excluding hydrogens is 272 g/mol. The van der Waals surface area contributed by atoms with E-state index in [2.05, 4.69) is 19.6 Å². The van der Waals surface area contributed by atoms with Crippen LogP contribution in [0.4, 0.5) is 0 Å². The molecule has 0 rings (SSSR count). The van der Waals surface area contributed by atoms with Gasteiger partial charge in [0.2, 0.25) is 0 Å². The molecule has 1 unspecified atom stereocenters. The third-order valence-corrected chi connectivity index (χ3v) is 13.2. The van der Waals surface area contributed by atoms with Gasteiger partial charge in [-0.05, 0) is 52.4 Å². The van der Waals surface area contributed by atoms with E-state index in [1.807, 2.05) is 19.6 Å². The van der Waals surface area contributed by atoms with Gasteiger partial charge in [0.15, 0.2) is 8.32 Å². The molecule has 1 atom stereocenters. The molecule has 98 valence electrons. The standard InChI is InChI=1S/C8H26O4Si4/c1-13(10-14(2,3)4)11-16(7,8)12-15(5,6)9/h9,13H,1-8H3. The topological polar surface area (TPSA) is 47.9 Å². The van der Waals surface area contributed by atoms with Crippen LogP contribution in [0.1, 0.15) is 0 Å². The van der Waals surface area contributed by atoms with Gasteiger partial charge in [-0.3, -0.25) is 0 Å². The lowest BCUT2D eigenvalue weighted by molar-refractivity contribution is 0.309. The molecule has 0 aromatic heterocycles. The molecule has 0 saturated carbocycles. The average molecular weight is 299 g/mol. The first-order valence-corrected chi connectivity index (χ1v) is 16.8. The van der Waals surface area contributed by atoms with E-state index >= 15 is 0 Å². The Morgan fingerprint density at radius 1 is 0.875 bits per heavy atom. The summed E-state index contributed by atoms with van der Waals surface area (Å²) < 4.78 is 17.6. The maximum Gasteiger partial charge on any atom is 0.320 e. The van der Waals surface area contributed by atoms with Crippen LogP contribution >= 0.6 is 0 Å². The van der Waals surface area contributed by atoms with E-state index in [0.717, 1.165) is 0 Å². The quantitative estimate of drug-likeness (QED) is 0.763. The van der Waals surface area contributed by atoms with Crippen LogP contribution < -0.4 is 0 Å². The Balaban J connectivity index is 4.26. The zero-order valence-electron chi connectivity index (χ0n) is 11.7. The van der Waals surface area contributed by atoms with Crippen LogP contribution in [0.5, 0.6) is 0 Å². The van der Waals surface area contributed by atoms with Crippen LogP contribution in [0.25, 0.3) is 0 Å². The molecule has 8 heteroatoms. The van der Waals surface area contributed by atoms with E-state index in [-0.39, 0.29) is 0 Å². The minimum Gasteiger partial charge on any atom is -0.439 e. The minimum absolute atomic E-state index is 1.53. The molecule has 0 bridgehead atoms. The van der Waals surface area contributed by atoms with Crippen LogP contribution in [0.2, 0.25) is 52.4 Å². The molecule has 0 aromatic rings.